The molecular formula is C18H23NO4. The highest BCUT2D eigenvalue weighted by atomic mass is 16.5. The third-order valence-corrected chi connectivity index (χ3v) is 3.99. The Labute approximate surface area is 136 Å². The molecule has 0 bridgehead atoms. The van der Waals surface area contributed by atoms with E-state index in [4.69, 9.17) is 9.47 Å². The Kier molecular flexibility index (Phi) is 6.66. The molecule has 5 nitrogen and oxygen atoms in total. The summed E-state index contributed by atoms with van der Waals surface area (Å²) in [4.78, 5) is 23.8. The minimum absolute atomic E-state index is 0.102. The fourth-order valence-corrected chi connectivity index (χ4v) is 2.70. The van der Waals surface area contributed by atoms with Crippen molar-refractivity contribution in [2.75, 3.05) is 13.7 Å². The van der Waals surface area contributed by atoms with E-state index in [9.17, 15) is 9.59 Å². The molecule has 1 aliphatic carbocycles. The predicted molar refractivity (Wildman–Crippen MR) is 86.6 cm³/mol. The van der Waals surface area contributed by atoms with Crippen LogP contribution in [0.5, 0.6) is 0 Å². The van der Waals surface area contributed by atoms with Gasteiger partial charge in [-0.2, -0.15) is 0 Å². The predicted octanol–water partition coefficient (Wildman–Crippen LogP) is 3.06. The summed E-state index contributed by atoms with van der Waals surface area (Å²) in [5.41, 5.74) is 0.919. The van der Waals surface area contributed by atoms with Crippen molar-refractivity contribution in [1.29, 1.82) is 0 Å². The van der Waals surface area contributed by atoms with Crippen molar-refractivity contribution in [2.24, 2.45) is 11.8 Å². The number of carbonyl (C=O) groups is 2. The molecule has 0 radical (unpaired) electrons. The molecule has 0 heterocycles. The van der Waals surface area contributed by atoms with Gasteiger partial charge in [0, 0.05) is 6.54 Å². The largest absolute Gasteiger partial charge is 0.469 e. The van der Waals surface area contributed by atoms with Crippen LogP contribution in [0.2, 0.25) is 0 Å². The number of allylic oxidation sites excluding steroid dienone is 2. The van der Waals surface area contributed by atoms with Crippen LogP contribution in [0.25, 0.3) is 0 Å². The van der Waals surface area contributed by atoms with Crippen molar-refractivity contribution < 1.29 is 19.1 Å². The highest BCUT2D eigenvalue weighted by molar-refractivity contribution is 5.74. The number of rotatable bonds is 6. The lowest BCUT2D eigenvalue weighted by molar-refractivity contribution is -0.146. The molecule has 23 heavy (non-hydrogen) atoms. The van der Waals surface area contributed by atoms with Crippen LogP contribution < -0.4 is 5.32 Å². The molecule has 5 heteroatoms. The Morgan fingerprint density at radius 2 is 2.09 bits per heavy atom. The molecule has 0 unspecified atom stereocenters. The van der Waals surface area contributed by atoms with E-state index < -0.39 is 6.09 Å². The number of benzene rings is 1. The van der Waals surface area contributed by atoms with Gasteiger partial charge in [0.25, 0.3) is 0 Å². The SMILES string of the molecule is COC(=O)[C@@H](CNC(=O)OCc1ccccc1)[C@H]1C=CCCC1. The molecule has 0 saturated heterocycles. The average molecular weight is 317 g/mol. The summed E-state index contributed by atoms with van der Waals surface area (Å²) in [6.45, 7) is 0.425. The van der Waals surface area contributed by atoms with Crippen molar-refractivity contribution in [3.8, 4) is 0 Å². The second-order valence-electron chi connectivity index (χ2n) is 5.60. The molecule has 124 valence electrons. The number of amides is 1. The van der Waals surface area contributed by atoms with Gasteiger partial charge in [0.15, 0.2) is 0 Å². The second kappa shape index (κ2) is 8.98. The first-order valence-corrected chi connectivity index (χ1v) is 7.89. The number of hydrogen-bond acceptors (Lipinski definition) is 4. The monoisotopic (exact) mass is 317 g/mol. The molecule has 2 atom stereocenters. The van der Waals surface area contributed by atoms with Crippen LogP contribution in [0.15, 0.2) is 42.5 Å². The van der Waals surface area contributed by atoms with Gasteiger partial charge in [0.05, 0.1) is 13.0 Å². The molecule has 1 amide bonds. The topological polar surface area (TPSA) is 64.6 Å². The van der Waals surface area contributed by atoms with Crippen molar-refractivity contribution in [2.45, 2.75) is 25.9 Å². The van der Waals surface area contributed by atoms with Crippen LogP contribution >= 0.6 is 0 Å². The molecule has 0 saturated carbocycles. The van der Waals surface area contributed by atoms with E-state index in [0.29, 0.717) is 0 Å². The first kappa shape index (κ1) is 17.1. The third-order valence-electron chi connectivity index (χ3n) is 3.99. The van der Waals surface area contributed by atoms with Gasteiger partial charge in [-0.1, -0.05) is 42.5 Å². The van der Waals surface area contributed by atoms with Crippen molar-refractivity contribution in [3.05, 3.63) is 48.0 Å². The fourth-order valence-electron chi connectivity index (χ4n) is 2.70. The minimum Gasteiger partial charge on any atom is -0.469 e. The minimum atomic E-state index is -0.525. The Bertz CT molecular complexity index is 541. The lowest BCUT2D eigenvalue weighted by Crippen LogP contribution is -2.37. The Hall–Kier alpha value is -2.30. The lowest BCUT2D eigenvalue weighted by Gasteiger charge is -2.24. The summed E-state index contributed by atoms with van der Waals surface area (Å²) < 4.78 is 10.0. The highest BCUT2D eigenvalue weighted by Gasteiger charge is 2.28. The maximum absolute atomic E-state index is 12.0. The number of esters is 1. The highest BCUT2D eigenvalue weighted by Crippen LogP contribution is 2.25. The summed E-state index contributed by atoms with van der Waals surface area (Å²) >= 11 is 0. The number of ether oxygens (including phenoxy) is 2. The van der Waals surface area contributed by atoms with Crippen LogP contribution in [0, 0.1) is 11.8 Å². The summed E-state index contributed by atoms with van der Waals surface area (Å²) in [7, 11) is 1.37. The van der Waals surface area contributed by atoms with E-state index in [0.717, 1.165) is 24.8 Å². The zero-order valence-electron chi connectivity index (χ0n) is 13.4. The molecule has 1 aromatic carbocycles. The first-order chi connectivity index (χ1) is 11.2. The van der Waals surface area contributed by atoms with E-state index >= 15 is 0 Å². The van der Waals surface area contributed by atoms with E-state index in [1.54, 1.807) is 0 Å². The summed E-state index contributed by atoms with van der Waals surface area (Å²) in [6, 6.07) is 9.45. The van der Waals surface area contributed by atoms with Gasteiger partial charge in [-0.05, 0) is 30.7 Å². The van der Waals surface area contributed by atoms with Crippen molar-refractivity contribution in [1.82, 2.24) is 5.32 Å². The zero-order chi connectivity index (χ0) is 16.5. The molecule has 0 aromatic heterocycles. The number of methoxy groups -OCH3 is 1. The Morgan fingerprint density at radius 1 is 1.30 bits per heavy atom. The smallest absolute Gasteiger partial charge is 0.407 e. The molecule has 0 aliphatic heterocycles. The summed E-state index contributed by atoms with van der Waals surface area (Å²) in [5, 5.41) is 2.67. The lowest BCUT2D eigenvalue weighted by atomic mass is 9.84. The molecule has 0 spiro atoms. The van der Waals surface area contributed by atoms with Crippen molar-refractivity contribution >= 4 is 12.1 Å². The van der Waals surface area contributed by atoms with Gasteiger partial charge >= 0.3 is 12.1 Å². The molecule has 0 fully saturated rings. The zero-order valence-corrected chi connectivity index (χ0v) is 13.4. The average Bonchev–Trinajstić information content (AvgIpc) is 2.61. The van der Waals surface area contributed by atoms with Crippen LogP contribution in [0.3, 0.4) is 0 Å². The Balaban J connectivity index is 1.82. The Morgan fingerprint density at radius 3 is 2.74 bits per heavy atom. The molecular weight excluding hydrogens is 294 g/mol. The van der Waals surface area contributed by atoms with Crippen LogP contribution in [-0.4, -0.2) is 25.7 Å². The molecule has 2 rings (SSSR count). The number of hydrogen-bond donors (Lipinski definition) is 1. The van der Waals surface area contributed by atoms with Crippen LogP contribution in [0.1, 0.15) is 24.8 Å². The van der Waals surface area contributed by atoms with Gasteiger partial charge < -0.3 is 14.8 Å². The quantitative estimate of drug-likeness (QED) is 0.647. The normalized spacial score (nSPS) is 18.0. The van der Waals surface area contributed by atoms with Gasteiger partial charge in [0.1, 0.15) is 6.61 Å². The van der Waals surface area contributed by atoms with E-state index in [-0.39, 0.29) is 31.0 Å². The van der Waals surface area contributed by atoms with E-state index in [1.807, 2.05) is 36.4 Å². The fraction of sp³-hybridized carbons (Fsp3) is 0.444. The molecule has 1 N–H and O–H groups in total. The standard InChI is InChI=1S/C18H23NO4/c1-22-17(20)16(15-10-6-3-7-11-15)12-19-18(21)23-13-14-8-4-2-5-9-14/h2,4-6,8-10,15-16H,3,7,11-13H2,1H3,(H,19,21)/t15-,16-/m0/s1. The third kappa shape index (κ3) is 5.43. The first-order valence-electron chi connectivity index (χ1n) is 7.89. The number of carbonyl (C=O) groups excluding carboxylic acids is 2. The second-order valence-corrected chi connectivity index (χ2v) is 5.60. The van der Waals surface area contributed by atoms with Crippen LogP contribution in [0.4, 0.5) is 4.79 Å². The molecule has 1 aromatic rings. The van der Waals surface area contributed by atoms with E-state index in [2.05, 4.69) is 11.4 Å². The maximum atomic E-state index is 12.0. The van der Waals surface area contributed by atoms with Gasteiger partial charge in [-0.15, -0.1) is 0 Å². The maximum Gasteiger partial charge on any atom is 0.407 e. The summed E-state index contributed by atoms with van der Waals surface area (Å²) in [5.74, 6) is -0.573. The van der Waals surface area contributed by atoms with Gasteiger partial charge in [0.2, 0.25) is 0 Å². The van der Waals surface area contributed by atoms with Gasteiger partial charge in [-0.3, -0.25) is 4.79 Å². The number of alkyl carbamates (subject to hydrolysis) is 1. The van der Waals surface area contributed by atoms with E-state index in [1.165, 1.54) is 7.11 Å². The van der Waals surface area contributed by atoms with Crippen LogP contribution in [-0.2, 0) is 20.9 Å². The number of nitrogens with one attached hydrogen (secondary N) is 1. The molecule has 1 aliphatic rings. The summed E-state index contributed by atoms with van der Waals surface area (Å²) in [6.07, 6.45) is 6.61. The van der Waals surface area contributed by atoms with Gasteiger partial charge in [-0.25, -0.2) is 4.79 Å². The van der Waals surface area contributed by atoms with Crippen molar-refractivity contribution in [3.63, 3.8) is 0 Å².